The molecule has 3 rings (SSSR count). The molecule has 2 aliphatic rings. The van der Waals surface area contributed by atoms with Crippen molar-refractivity contribution >= 4 is 24.1 Å². The third kappa shape index (κ3) is 0.880. The minimum absolute atomic E-state index is 0.309. The summed E-state index contributed by atoms with van der Waals surface area (Å²) < 4.78 is 0. The number of primary amides is 1. The van der Waals surface area contributed by atoms with Crippen molar-refractivity contribution in [1.29, 1.82) is 0 Å². The quantitative estimate of drug-likeness (QED) is 0.716. The molecular weight excluding hydrogens is 174 g/mol. The zero-order chi connectivity index (χ0) is 9.71. The van der Waals surface area contributed by atoms with Crippen LogP contribution in [0, 0.1) is 0 Å². The minimum atomic E-state index is -0.309. The van der Waals surface area contributed by atoms with Crippen molar-refractivity contribution in [3.05, 3.63) is 40.0 Å². The molecule has 0 bridgehead atoms. The number of benzene rings is 1. The number of carbonyl (C=O) groups is 1. The smallest absolute Gasteiger partial charge is 0.244 e. The largest absolute Gasteiger partial charge is 0.366 e. The summed E-state index contributed by atoms with van der Waals surface area (Å²) in [5, 5.41) is 0. The van der Waals surface area contributed by atoms with Gasteiger partial charge in [-0.3, -0.25) is 4.79 Å². The van der Waals surface area contributed by atoms with Gasteiger partial charge in [0.15, 0.2) is 0 Å². The third-order valence-electron chi connectivity index (χ3n) is 2.81. The predicted molar refractivity (Wildman–Crippen MR) is 56.2 cm³/mol. The molecule has 2 nitrogen and oxygen atoms in total. The molecule has 2 aliphatic carbocycles. The second kappa shape index (κ2) is 2.35. The van der Waals surface area contributed by atoms with Crippen LogP contribution < -0.4 is 5.73 Å². The molecule has 0 radical (unpaired) electrons. The molecule has 1 aromatic carbocycles. The van der Waals surface area contributed by atoms with E-state index in [9.17, 15) is 4.79 Å². The fraction of sp³-hybridized carbons (Fsp3) is 0.0833. The number of hydrogen-bond donors (Lipinski definition) is 1. The van der Waals surface area contributed by atoms with Gasteiger partial charge in [0.1, 0.15) is 0 Å². The molecule has 0 heterocycles. The molecule has 1 amide bonds. The lowest BCUT2D eigenvalue weighted by Crippen LogP contribution is -2.13. The fourth-order valence-corrected chi connectivity index (χ4v) is 1.96. The van der Waals surface area contributed by atoms with Gasteiger partial charge in [0, 0.05) is 12.0 Å². The van der Waals surface area contributed by atoms with E-state index in [1.54, 1.807) is 0 Å². The first-order valence-corrected chi connectivity index (χ1v) is 4.59. The molecule has 68 valence electrons. The van der Waals surface area contributed by atoms with E-state index in [1.807, 2.05) is 6.08 Å². The van der Waals surface area contributed by atoms with Gasteiger partial charge in [0.25, 0.3) is 0 Å². The molecule has 0 unspecified atom stereocenters. The number of hydrogen-bond acceptors (Lipinski definition) is 1. The van der Waals surface area contributed by atoms with Crippen LogP contribution in [0.3, 0.4) is 0 Å². The molecule has 14 heavy (non-hydrogen) atoms. The molecule has 0 atom stereocenters. The van der Waals surface area contributed by atoms with Crippen LogP contribution in [0.1, 0.15) is 22.3 Å². The Morgan fingerprint density at radius 1 is 1.14 bits per heavy atom. The van der Waals surface area contributed by atoms with Gasteiger partial charge < -0.3 is 5.73 Å². The van der Waals surface area contributed by atoms with Crippen molar-refractivity contribution in [2.75, 3.05) is 0 Å². The van der Waals surface area contributed by atoms with Crippen LogP contribution in [-0.2, 0) is 11.2 Å². The van der Waals surface area contributed by atoms with Crippen LogP contribution in [0.2, 0.25) is 0 Å². The Balaban J connectivity index is 2.09. The minimum Gasteiger partial charge on any atom is -0.366 e. The van der Waals surface area contributed by atoms with Gasteiger partial charge in [-0.1, -0.05) is 18.2 Å². The molecule has 0 saturated carbocycles. The van der Waals surface area contributed by atoms with Crippen LogP contribution in [-0.4, -0.2) is 5.91 Å². The highest BCUT2D eigenvalue weighted by molar-refractivity contribution is 6.00. The lowest BCUT2D eigenvalue weighted by Gasteiger charge is -2.12. The summed E-state index contributed by atoms with van der Waals surface area (Å²) in [7, 11) is 0. The SMILES string of the molecule is NC(=O)C1=Cc2cc3c(cc2C1)C=C3. The van der Waals surface area contributed by atoms with Crippen molar-refractivity contribution in [2.45, 2.75) is 6.42 Å². The number of rotatable bonds is 1. The molecular formula is C12H9NO. The van der Waals surface area contributed by atoms with E-state index in [0.717, 1.165) is 5.56 Å². The number of carbonyl (C=O) groups excluding carboxylic acids is 1. The van der Waals surface area contributed by atoms with E-state index in [-0.39, 0.29) is 5.91 Å². The van der Waals surface area contributed by atoms with Crippen molar-refractivity contribution in [3.63, 3.8) is 0 Å². The van der Waals surface area contributed by atoms with Crippen molar-refractivity contribution in [1.82, 2.24) is 0 Å². The summed E-state index contributed by atoms with van der Waals surface area (Å²) in [6, 6.07) is 4.25. The maximum absolute atomic E-state index is 11.0. The second-order valence-electron chi connectivity index (χ2n) is 3.72. The normalized spacial score (nSPS) is 15.6. The molecule has 0 aromatic heterocycles. The number of nitrogens with two attached hydrogens (primary N) is 1. The first-order chi connectivity index (χ1) is 6.74. The van der Waals surface area contributed by atoms with E-state index in [1.165, 1.54) is 16.7 Å². The molecule has 0 saturated heterocycles. The van der Waals surface area contributed by atoms with Crippen molar-refractivity contribution < 1.29 is 4.79 Å². The average molecular weight is 183 g/mol. The van der Waals surface area contributed by atoms with Gasteiger partial charge in [0.05, 0.1) is 0 Å². The molecule has 0 fully saturated rings. The highest BCUT2D eigenvalue weighted by Gasteiger charge is 2.19. The zero-order valence-electron chi connectivity index (χ0n) is 7.58. The molecule has 1 aromatic rings. The Kier molecular flexibility index (Phi) is 1.27. The van der Waals surface area contributed by atoms with Gasteiger partial charge in [-0.25, -0.2) is 0 Å². The van der Waals surface area contributed by atoms with Gasteiger partial charge in [0.2, 0.25) is 5.91 Å². The Morgan fingerprint density at radius 3 is 2.50 bits per heavy atom. The van der Waals surface area contributed by atoms with Gasteiger partial charge in [-0.2, -0.15) is 0 Å². The molecule has 0 spiro atoms. The maximum atomic E-state index is 11.0. The van der Waals surface area contributed by atoms with Crippen LogP contribution >= 0.6 is 0 Å². The first-order valence-electron chi connectivity index (χ1n) is 4.59. The standard InChI is InChI=1S/C12H9NO/c13-12(14)11-5-9-3-7-1-2-8(7)4-10(9)6-11/h1-5H,6H2,(H2,13,14). The lowest BCUT2D eigenvalue weighted by molar-refractivity contribution is -0.114. The monoisotopic (exact) mass is 183 g/mol. The van der Waals surface area contributed by atoms with Crippen molar-refractivity contribution in [3.8, 4) is 0 Å². The fourth-order valence-electron chi connectivity index (χ4n) is 1.96. The summed E-state index contributed by atoms with van der Waals surface area (Å²) >= 11 is 0. The van der Waals surface area contributed by atoms with Crippen LogP contribution in [0.25, 0.3) is 18.2 Å². The summed E-state index contributed by atoms with van der Waals surface area (Å²) in [6.45, 7) is 0. The Labute approximate surface area is 81.7 Å². The summed E-state index contributed by atoms with van der Waals surface area (Å²) in [4.78, 5) is 11.0. The Morgan fingerprint density at radius 2 is 1.86 bits per heavy atom. The van der Waals surface area contributed by atoms with Gasteiger partial charge in [-0.05, 0) is 34.4 Å². The van der Waals surface area contributed by atoms with E-state index in [2.05, 4.69) is 24.3 Å². The Hall–Kier alpha value is -1.83. The van der Waals surface area contributed by atoms with E-state index in [4.69, 9.17) is 5.73 Å². The van der Waals surface area contributed by atoms with Gasteiger partial charge in [-0.15, -0.1) is 0 Å². The van der Waals surface area contributed by atoms with E-state index >= 15 is 0 Å². The zero-order valence-corrected chi connectivity index (χ0v) is 7.58. The molecule has 2 heteroatoms. The second-order valence-corrected chi connectivity index (χ2v) is 3.72. The van der Waals surface area contributed by atoms with Crippen LogP contribution in [0.15, 0.2) is 17.7 Å². The van der Waals surface area contributed by atoms with Crippen LogP contribution in [0.5, 0.6) is 0 Å². The number of fused-ring (bicyclic) bond motifs is 2. The lowest BCUT2D eigenvalue weighted by atomic mass is 9.93. The summed E-state index contributed by atoms with van der Waals surface area (Å²) in [5.74, 6) is -0.309. The highest BCUT2D eigenvalue weighted by atomic mass is 16.1. The van der Waals surface area contributed by atoms with Crippen LogP contribution in [0.4, 0.5) is 0 Å². The third-order valence-corrected chi connectivity index (χ3v) is 2.81. The maximum Gasteiger partial charge on any atom is 0.244 e. The predicted octanol–water partition coefficient (Wildman–Crippen LogP) is 1.60. The molecule has 2 N–H and O–H groups in total. The topological polar surface area (TPSA) is 43.1 Å². The van der Waals surface area contributed by atoms with E-state index in [0.29, 0.717) is 12.0 Å². The summed E-state index contributed by atoms with van der Waals surface area (Å²) in [6.07, 6.45) is 6.74. The van der Waals surface area contributed by atoms with Crippen molar-refractivity contribution in [2.24, 2.45) is 5.73 Å². The summed E-state index contributed by atoms with van der Waals surface area (Å²) in [5.41, 5.74) is 10.8. The highest BCUT2D eigenvalue weighted by Crippen LogP contribution is 2.32. The first kappa shape index (κ1) is 7.56. The number of amides is 1. The average Bonchev–Trinajstić information content (AvgIpc) is 2.51. The van der Waals surface area contributed by atoms with Gasteiger partial charge >= 0.3 is 0 Å². The Bertz CT molecular complexity index is 509. The van der Waals surface area contributed by atoms with E-state index < -0.39 is 0 Å². The molecule has 0 aliphatic heterocycles.